The number of nitrogens with zero attached hydrogens (tertiary/aromatic N) is 1. The second-order valence-corrected chi connectivity index (χ2v) is 6.41. The molecule has 0 radical (unpaired) electrons. The number of hydrogen-bond acceptors (Lipinski definition) is 3. The van der Waals surface area contributed by atoms with Crippen LogP contribution >= 0.6 is 11.6 Å². The Morgan fingerprint density at radius 3 is 2.80 bits per heavy atom. The lowest BCUT2D eigenvalue weighted by Crippen LogP contribution is -2.37. The Balaban J connectivity index is 1.78. The molecule has 2 fully saturated rings. The number of benzene rings is 1. The standard InChI is InChI=1S/C16H23ClN2O/c1-11-15(7-8-20-11)19(2)16-6-3-13(17)9-12(16)10-18-14-4-5-14/h3,6,9,11,14-15,18H,4-5,7-8,10H2,1-2H3. The van der Waals surface area contributed by atoms with Crippen LogP contribution in [0.1, 0.15) is 31.7 Å². The Labute approximate surface area is 126 Å². The van der Waals surface area contributed by atoms with E-state index in [4.69, 9.17) is 16.3 Å². The highest BCUT2D eigenvalue weighted by Gasteiger charge is 2.29. The van der Waals surface area contributed by atoms with Crippen molar-refractivity contribution in [2.75, 3.05) is 18.6 Å². The third kappa shape index (κ3) is 3.11. The molecular weight excluding hydrogens is 272 g/mol. The monoisotopic (exact) mass is 294 g/mol. The molecule has 20 heavy (non-hydrogen) atoms. The van der Waals surface area contributed by atoms with Crippen molar-refractivity contribution >= 4 is 17.3 Å². The fourth-order valence-electron chi connectivity index (χ4n) is 2.99. The summed E-state index contributed by atoms with van der Waals surface area (Å²) in [6.07, 6.45) is 3.99. The molecule has 2 unspecified atom stereocenters. The van der Waals surface area contributed by atoms with Crippen LogP contribution in [0.25, 0.3) is 0 Å². The first-order valence-corrected chi connectivity index (χ1v) is 7.89. The summed E-state index contributed by atoms with van der Waals surface area (Å²) in [5.74, 6) is 0. The van der Waals surface area contributed by atoms with Crippen LogP contribution in [-0.4, -0.2) is 31.8 Å². The number of rotatable bonds is 5. The molecule has 0 bridgehead atoms. The molecule has 1 aliphatic heterocycles. The van der Waals surface area contributed by atoms with Gasteiger partial charge in [-0.25, -0.2) is 0 Å². The van der Waals surface area contributed by atoms with Gasteiger partial charge >= 0.3 is 0 Å². The predicted octanol–water partition coefficient (Wildman–Crippen LogP) is 3.21. The van der Waals surface area contributed by atoms with Crippen LogP contribution in [0.15, 0.2) is 18.2 Å². The van der Waals surface area contributed by atoms with Crippen molar-refractivity contribution in [3.63, 3.8) is 0 Å². The highest BCUT2D eigenvalue weighted by molar-refractivity contribution is 6.30. The number of ether oxygens (including phenoxy) is 1. The normalized spacial score (nSPS) is 25.9. The average molecular weight is 295 g/mol. The summed E-state index contributed by atoms with van der Waals surface area (Å²) < 4.78 is 5.70. The first-order valence-electron chi connectivity index (χ1n) is 7.51. The molecule has 1 saturated heterocycles. The van der Waals surface area contributed by atoms with Crippen LogP contribution < -0.4 is 10.2 Å². The minimum atomic E-state index is 0.292. The minimum absolute atomic E-state index is 0.292. The van der Waals surface area contributed by atoms with Crippen LogP contribution in [0.5, 0.6) is 0 Å². The number of likely N-dealkylation sites (N-methyl/N-ethyl adjacent to an activating group) is 1. The van der Waals surface area contributed by atoms with E-state index in [2.05, 4.69) is 36.3 Å². The molecule has 2 atom stereocenters. The van der Waals surface area contributed by atoms with Gasteiger partial charge in [-0.3, -0.25) is 0 Å². The largest absolute Gasteiger partial charge is 0.376 e. The third-order valence-corrected chi connectivity index (χ3v) is 4.65. The maximum atomic E-state index is 6.17. The summed E-state index contributed by atoms with van der Waals surface area (Å²) in [4.78, 5) is 2.36. The third-order valence-electron chi connectivity index (χ3n) is 4.41. The zero-order valence-corrected chi connectivity index (χ0v) is 13.0. The Kier molecular flexibility index (Phi) is 4.20. The summed E-state index contributed by atoms with van der Waals surface area (Å²) >= 11 is 6.17. The van der Waals surface area contributed by atoms with Gasteiger partial charge in [0.15, 0.2) is 0 Å². The van der Waals surface area contributed by atoms with Crippen molar-refractivity contribution in [1.82, 2.24) is 5.32 Å². The van der Waals surface area contributed by atoms with Gasteiger partial charge in [0.25, 0.3) is 0 Å². The number of hydrogen-bond donors (Lipinski definition) is 1. The van der Waals surface area contributed by atoms with Gasteiger partial charge in [0.2, 0.25) is 0 Å². The Morgan fingerprint density at radius 2 is 2.15 bits per heavy atom. The molecule has 1 saturated carbocycles. The second-order valence-electron chi connectivity index (χ2n) is 5.97. The average Bonchev–Trinajstić information content (AvgIpc) is 3.16. The SMILES string of the molecule is CC1OCCC1N(C)c1ccc(Cl)cc1CNC1CC1. The molecule has 2 aliphatic rings. The van der Waals surface area contributed by atoms with Crippen LogP contribution in [0, 0.1) is 0 Å². The minimum Gasteiger partial charge on any atom is -0.376 e. The number of halogens is 1. The van der Waals surface area contributed by atoms with E-state index in [1.165, 1.54) is 24.1 Å². The van der Waals surface area contributed by atoms with E-state index in [1.54, 1.807) is 0 Å². The molecular formula is C16H23ClN2O. The van der Waals surface area contributed by atoms with E-state index < -0.39 is 0 Å². The quantitative estimate of drug-likeness (QED) is 0.902. The molecule has 1 aromatic carbocycles. The van der Waals surface area contributed by atoms with Crippen molar-refractivity contribution in [2.45, 2.75) is 50.9 Å². The predicted molar refractivity (Wildman–Crippen MR) is 83.5 cm³/mol. The van der Waals surface area contributed by atoms with Crippen molar-refractivity contribution in [2.24, 2.45) is 0 Å². The van der Waals surface area contributed by atoms with E-state index in [-0.39, 0.29) is 0 Å². The summed E-state index contributed by atoms with van der Waals surface area (Å²) in [5.41, 5.74) is 2.55. The maximum Gasteiger partial charge on any atom is 0.0750 e. The fraction of sp³-hybridized carbons (Fsp3) is 0.625. The zero-order valence-electron chi connectivity index (χ0n) is 12.2. The topological polar surface area (TPSA) is 24.5 Å². The molecule has 3 rings (SSSR count). The summed E-state index contributed by atoms with van der Waals surface area (Å²) in [6.45, 7) is 3.92. The zero-order chi connectivity index (χ0) is 14.1. The van der Waals surface area contributed by atoms with Crippen molar-refractivity contribution < 1.29 is 4.74 Å². The van der Waals surface area contributed by atoms with Gasteiger partial charge in [0.1, 0.15) is 0 Å². The molecule has 1 N–H and O–H groups in total. The first kappa shape index (κ1) is 14.2. The van der Waals surface area contributed by atoms with Gasteiger partial charge in [0, 0.05) is 37.0 Å². The van der Waals surface area contributed by atoms with Crippen LogP contribution in [0.3, 0.4) is 0 Å². The smallest absolute Gasteiger partial charge is 0.0750 e. The summed E-state index contributed by atoms with van der Waals surface area (Å²) in [7, 11) is 2.17. The van der Waals surface area contributed by atoms with Gasteiger partial charge < -0.3 is 15.0 Å². The summed E-state index contributed by atoms with van der Waals surface area (Å²) in [5, 5.41) is 4.39. The van der Waals surface area contributed by atoms with Gasteiger partial charge in [-0.05, 0) is 49.9 Å². The molecule has 110 valence electrons. The maximum absolute atomic E-state index is 6.17. The summed E-state index contributed by atoms with van der Waals surface area (Å²) in [6, 6.07) is 7.37. The Hall–Kier alpha value is -0.770. The molecule has 1 aromatic rings. The number of nitrogens with one attached hydrogen (secondary N) is 1. The Bertz CT molecular complexity index is 476. The Morgan fingerprint density at radius 1 is 1.35 bits per heavy atom. The van der Waals surface area contributed by atoms with Gasteiger partial charge in [0.05, 0.1) is 12.1 Å². The number of anilines is 1. The molecule has 0 spiro atoms. The lowest BCUT2D eigenvalue weighted by molar-refractivity contribution is 0.118. The van der Waals surface area contributed by atoms with E-state index in [1.807, 2.05) is 6.07 Å². The van der Waals surface area contributed by atoms with E-state index in [0.717, 1.165) is 24.6 Å². The van der Waals surface area contributed by atoms with Crippen molar-refractivity contribution in [1.29, 1.82) is 0 Å². The second kappa shape index (κ2) is 5.92. The van der Waals surface area contributed by atoms with Crippen molar-refractivity contribution in [3.8, 4) is 0 Å². The highest BCUT2D eigenvalue weighted by atomic mass is 35.5. The molecule has 1 heterocycles. The van der Waals surface area contributed by atoms with Gasteiger partial charge in [-0.2, -0.15) is 0 Å². The van der Waals surface area contributed by atoms with Gasteiger partial charge in [-0.1, -0.05) is 11.6 Å². The van der Waals surface area contributed by atoms with E-state index in [0.29, 0.717) is 18.2 Å². The highest BCUT2D eigenvalue weighted by Crippen LogP contribution is 2.30. The van der Waals surface area contributed by atoms with Crippen LogP contribution in [0.2, 0.25) is 5.02 Å². The first-order chi connectivity index (χ1) is 9.65. The molecule has 0 amide bonds. The lowest BCUT2D eigenvalue weighted by Gasteiger charge is -2.30. The molecule has 3 nitrogen and oxygen atoms in total. The lowest BCUT2D eigenvalue weighted by atomic mass is 10.1. The molecule has 0 aromatic heterocycles. The van der Waals surface area contributed by atoms with Crippen molar-refractivity contribution in [3.05, 3.63) is 28.8 Å². The van der Waals surface area contributed by atoms with E-state index >= 15 is 0 Å². The van der Waals surface area contributed by atoms with E-state index in [9.17, 15) is 0 Å². The fourth-order valence-corrected chi connectivity index (χ4v) is 3.18. The van der Waals surface area contributed by atoms with Gasteiger partial charge in [-0.15, -0.1) is 0 Å². The molecule has 4 heteroatoms. The molecule has 1 aliphatic carbocycles. The van der Waals surface area contributed by atoms with Crippen LogP contribution in [0.4, 0.5) is 5.69 Å². The van der Waals surface area contributed by atoms with Crippen LogP contribution in [-0.2, 0) is 11.3 Å².